The minimum absolute atomic E-state index is 0.0539. The highest BCUT2D eigenvalue weighted by atomic mass is 16.2. The number of hydrazone groups is 1. The molecule has 0 bridgehead atoms. The first kappa shape index (κ1) is 15.1. The number of pyridine rings is 1. The minimum atomic E-state index is -0.172. The quantitative estimate of drug-likeness (QED) is 0.805. The van der Waals surface area contributed by atoms with Crippen LogP contribution in [0.15, 0.2) is 29.6 Å². The van der Waals surface area contributed by atoms with E-state index < -0.39 is 0 Å². The van der Waals surface area contributed by atoms with Crippen LogP contribution in [0.4, 0.5) is 0 Å². The van der Waals surface area contributed by atoms with Gasteiger partial charge in [0.2, 0.25) is 5.91 Å². The average Bonchev–Trinajstić information content (AvgIpc) is 2.62. The van der Waals surface area contributed by atoms with E-state index in [-0.39, 0.29) is 24.1 Å². The molecule has 2 aliphatic rings. The number of piperazine rings is 1. The van der Waals surface area contributed by atoms with Crippen LogP contribution < -0.4 is 5.43 Å². The van der Waals surface area contributed by atoms with E-state index >= 15 is 0 Å². The average molecular weight is 315 g/mol. The zero-order chi connectivity index (χ0) is 16.2. The number of carbonyl (C=O) groups is 3. The molecule has 3 amide bonds. The lowest BCUT2D eigenvalue weighted by atomic mass is 10.1. The zero-order valence-corrected chi connectivity index (χ0v) is 12.6. The summed E-state index contributed by atoms with van der Waals surface area (Å²) in [5.41, 5.74) is 3.30. The molecule has 8 heteroatoms. The van der Waals surface area contributed by atoms with Gasteiger partial charge in [0, 0.05) is 57.0 Å². The standard InChI is InChI=1S/C15H17N5O3/c21-13-2-1-12(17-18-13)15(23)20-9-7-19(8-10-20)14(22)11-3-5-16-6-4-11/h3-6H,1-2,7-10H2,(H,18,21). The molecule has 23 heavy (non-hydrogen) atoms. The summed E-state index contributed by atoms with van der Waals surface area (Å²) in [6, 6.07) is 3.36. The summed E-state index contributed by atoms with van der Waals surface area (Å²) >= 11 is 0. The summed E-state index contributed by atoms with van der Waals surface area (Å²) < 4.78 is 0. The summed E-state index contributed by atoms with van der Waals surface area (Å²) in [5.74, 6) is -0.392. The van der Waals surface area contributed by atoms with Gasteiger partial charge in [-0.05, 0) is 12.1 Å². The Morgan fingerprint density at radius 3 is 2.13 bits per heavy atom. The molecule has 1 aromatic heterocycles. The predicted molar refractivity (Wildman–Crippen MR) is 81.5 cm³/mol. The Balaban J connectivity index is 1.57. The van der Waals surface area contributed by atoms with Crippen molar-refractivity contribution in [2.45, 2.75) is 12.8 Å². The van der Waals surface area contributed by atoms with Crippen LogP contribution in [0.5, 0.6) is 0 Å². The topological polar surface area (TPSA) is 95.0 Å². The Kier molecular flexibility index (Phi) is 4.31. The normalized spacial score (nSPS) is 18.3. The first-order valence-corrected chi connectivity index (χ1v) is 7.49. The molecule has 2 aliphatic heterocycles. The smallest absolute Gasteiger partial charge is 0.270 e. The molecule has 1 N–H and O–H groups in total. The van der Waals surface area contributed by atoms with Crippen LogP contribution >= 0.6 is 0 Å². The number of nitrogens with one attached hydrogen (secondary N) is 1. The lowest BCUT2D eigenvalue weighted by Crippen LogP contribution is -2.52. The van der Waals surface area contributed by atoms with Crippen LogP contribution in [0.25, 0.3) is 0 Å². The third-order valence-corrected chi connectivity index (χ3v) is 3.93. The maximum absolute atomic E-state index is 12.3. The van der Waals surface area contributed by atoms with Gasteiger partial charge in [-0.15, -0.1) is 0 Å². The number of rotatable bonds is 2. The third-order valence-electron chi connectivity index (χ3n) is 3.93. The molecule has 1 fully saturated rings. The maximum atomic E-state index is 12.3. The van der Waals surface area contributed by atoms with Crippen molar-refractivity contribution >= 4 is 23.4 Å². The Morgan fingerprint density at radius 1 is 0.957 bits per heavy atom. The van der Waals surface area contributed by atoms with Crippen molar-refractivity contribution in [3.05, 3.63) is 30.1 Å². The highest BCUT2D eigenvalue weighted by Crippen LogP contribution is 2.10. The molecule has 1 saturated heterocycles. The molecule has 0 unspecified atom stereocenters. The lowest BCUT2D eigenvalue weighted by molar-refractivity contribution is -0.126. The van der Waals surface area contributed by atoms with Crippen LogP contribution in [0, 0.1) is 0 Å². The summed E-state index contributed by atoms with van der Waals surface area (Å²) in [6.45, 7) is 1.88. The molecular formula is C15H17N5O3. The molecule has 0 aliphatic carbocycles. The van der Waals surface area contributed by atoms with Gasteiger partial charge in [0.05, 0.1) is 0 Å². The van der Waals surface area contributed by atoms with Crippen LogP contribution in [0.1, 0.15) is 23.2 Å². The first-order valence-electron chi connectivity index (χ1n) is 7.49. The van der Waals surface area contributed by atoms with E-state index in [9.17, 15) is 14.4 Å². The molecule has 0 spiro atoms. The van der Waals surface area contributed by atoms with E-state index in [1.807, 2.05) is 0 Å². The molecule has 1 aromatic rings. The number of nitrogens with zero attached hydrogens (tertiary/aromatic N) is 4. The molecule has 0 atom stereocenters. The van der Waals surface area contributed by atoms with Gasteiger partial charge in [-0.3, -0.25) is 19.4 Å². The molecule has 0 radical (unpaired) electrons. The highest BCUT2D eigenvalue weighted by molar-refractivity contribution is 6.39. The van der Waals surface area contributed by atoms with Gasteiger partial charge in [-0.1, -0.05) is 0 Å². The van der Waals surface area contributed by atoms with Gasteiger partial charge in [0.1, 0.15) is 5.71 Å². The van der Waals surface area contributed by atoms with Crippen molar-refractivity contribution < 1.29 is 14.4 Å². The van der Waals surface area contributed by atoms with Gasteiger partial charge in [-0.2, -0.15) is 5.10 Å². The second-order valence-corrected chi connectivity index (χ2v) is 5.41. The zero-order valence-electron chi connectivity index (χ0n) is 12.6. The van der Waals surface area contributed by atoms with Crippen LogP contribution in [0.2, 0.25) is 0 Å². The van der Waals surface area contributed by atoms with Crippen molar-refractivity contribution in [1.82, 2.24) is 20.2 Å². The Bertz CT molecular complexity index is 650. The van der Waals surface area contributed by atoms with Crippen molar-refractivity contribution in [2.75, 3.05) is 26.2 Å². The van der Waals surface area contributed by atoms with E-state index in [1.54, 1.807) is 34.3 Å². The van der Waals surface area contributed by atoms with E-state index in [4.69, 9.17) is 0 Å². The molecule has 3 heterocycles. The Hall–Kier alpha value is -2.77. The first-order chi connectivity index (χ1) is 11.1. The van der Waals surface area contributed by atoms with Gasteiger partial charge >= 0.3 is 0 Å². The monoisotopic (exact) mass is 315 g/mol. The largest absolute Gasteiger partial charge is 0.335 e. The van der Waals surface area contributed by atoms with Gasteiger partial charge in [-0.25, -0.2) is 5.43 Å². The fourth-order valence-corrected chi connectivity index (χ4v) is 2.60. The summed E-state index contributed by atoms with van der Waals surface area (Å²) in [7, 11) is 0. The Morgan fingerprint density at radius 2 is 1.57 bits per heavy atom. The van der Waals surface area contributed by atoms with Crippen molar-refractivity contribution in [3.8, 4) is 0 Å². The summed E-state index contributed by atoms with van der Waals surface area (Å²) in [5, 5.41) is 3.83. The molecule has 8 nitrogen and oxygen atoms in total. The second kappa shape index (κ2) is 6.55. The summed E-state index contributed by atoms with van der Waals surface area (Å²) in [6.07, 6.45) is 3.82. The molecule has 0 aromatic carbocycles. The predicted octanol–water partition coefficient (Wildman–Crippen LogP) is -0.368. The highest BCUT2D eigenvalue weighted by Gasteiger charge is 2.28. The summed E-state index contributed by atoms with van der Waals surface area (Å²) in [4.78, 5) is 43.0. The van der Waals surface area contributed by atoms with Crippen LogP contribution in [-0.4, -0.2) is 64.4 Å². The lowest BCUT2D eigenvalue weighted by Gasteiger charge is -2.35. The fourth-order valence-electron chi connectivity index (χ4n) is 2.60. The van der Waals surface area contributed by atoms with Gasteiger partial charge in [0.15, 0.2) is 0 Å². The number of amides is 3. The van der Waals surface area contributed by atoms with Crippen LogP contribution in [-0.2, 0) is 9.59 Å². The van der Waals surface area contributed by atoms with Crippen molar-refractivity contribution in [2.24, 2.45) is 5.10 Å². The molecule has 3 rings (SSSR count). The van der Waals surface area contributed by atoms with E-state index in [2.05, 4.69) is 15.5 Å². The minimum Gasteiger partial charge on any atom is -0.335 e. The second-order valence-electron chi connectivity index (χ2n) is 5.41. The fraction of sp³-hybridized carbons (Fsp3) is 0.400. The SMILES string of the molecule is O=C1CCC(C(=O)N2CCN(C(=O)c3ccncc3)CC2)=NN1. The van der Waals surface area contributed by atoms with Crippen molar-refractivity contribution in [3.63, 3.8) is 0 Å². The molecule has 0 saturated carbocycles. The van der Waals surface area contributed by atoms with E-state index in [0.717, 1.165) is 0 Å². The Labute approximate surface area is 133 Å². The van der Waals surface area contributed by atoms with Gasteiger partial charge < -0.3 is 9.80 Å². The molecule has 120 valence electrons. The van der Waals surface area contributed by atoms with Crippen molar-refractivity contribution in [1.29, 1.82) is 0 Å². The number of hydrogen-bond acceptors (Lipinski definition) is 5. The third kappa shape index (κ3) is 3.36. The maximum Gasteiger partial charge on any atom is 0.270 e. The number of carbonyl (C=O) groups excluding carboxylic acids is 3. The van der Waals surface area contributed by atoms with E-state index in [1.165, 1.54) is 0 Å². The van der Waals surface area contributed by atoms with Gasteiger partial charge in [0.25, 0.3) is 11.8 Å². The number of aromatic nitrogens is 1. The van der Waals surface area contributed by atoms with E-state index in [0.29, 0.717) is 43.9 Å². The van der Waals surface area contributed by atoms with Crippen LogP contribution in [0.3, 0.4) is 0 Å². The number of hydrogen-bond donors (Lipinski definition) is 1. The molecular weight excluding hydrogens is 298 g/mol.